The van der Waals surface area contributed by atoms with Gasteiger partial charge in [-0.3, -0.25) is 9.48 Å². The largest absolute Gasteiger partial charge is 0.376 e. The Morgan fingerprint density at radius 2 is 2.48 bits per heavy atom. The van der Waals surface area contributed by atoms with E-state index in [1.54, 1.807) is 36.3 Å². The number of hydrogen-bond donors (Lipinski definition) is 1. The first-order valence-corrected chi connectivity index (χ1v) is 8.77. The maximum Gasteiger partial charge on any atom is 0.255 e. The van der Waals surface area contributed by atoms with Crippen LogP contribution in [-0.2, 0) is 11.3 Å². The summed E-state index contributed by atoms with van der Waals surface area (Å²) in [5.74, 6) is 0.774. The smallest absolute Gasteiger partial charge is 0.255 e. The van der Waals surface area contributed by atoms with Gasteiger partial charge in [0.05, 0.1) is 29.6 Å². The molecule has 3 heterocycles. The van der Waals surface area contributed by atoms with Crippen molar-refractivity contribution >= 4 is 23.4 Å². The van der Waals surface area contributed by atoms with E-state index in [1.807, 2.05) is 10.9 Å². The summed E-state index contributed by atoms with van der Waals surface area (Å²) in [5.41, 5.74) is 1.29. The van der Waals surface area contributed by atoms with Gasteiger partial charge in [-0.25, -0.2) is 4.98 Å². The zero-order chi connectivity index (χ0) is 16.1. The molecule has 122 valence electrons. The lowest BCUT2D eigenvalue weighted by atomic mass is 10.2. The minimum absolute atomic E-state index is 0.151. The van der Waals surface area contributed by atoms with Gasteiger partial charge in [-0.1, -0.05) is 6.92 Å². The van der Waals surface area contributed by atoms with Gasteiger partial charge < -0.3 is 10.1 Å². The van der Waals surface area contributed by atoms with Gasteiger partial charge in [0, 0.05) is 24.6 Å². The lowest BCUT2D eigenvalue weighted by Gasteiger charge is -2.08. The molecule has 0 radical (unpaired) electrons. The maximum atomic E-state index is 12.3. The summed E-state index contributed by atoms with van der Waals surface area (Å²) in [7, 11) is 0. The molecule has 0 aliphatic carbocycles. The number of hydrogen-bond acceptors (Lipinski definition) is 5. The summed E-state index contributed by atoms with van der Waals surface area (Å²) < 4.78 is 7.41. The predicted octanol–water partition coefficient (Wildman–Crippen LogP) is 2.82. The number of carbonyl (C=O) groups excluding carboxylic acids is 1. The Hall–Kier alpha value is -1.86. The van der Waals surface area contributed by atoms with E-state index in [9.17, 15) is 4.79 Å². The van der Waals surface area contributed by atoms with E-state index in [-0.39, 0.29) is 12.0 Å². The van der Waals surface area contributed by atoms with E-state index in [0.29, 0.717) is 11.3 Å². The fourth-order valence-electron chi connectivity index (χ4n) is 2.51. The average Bonchev–Trinajstić information content (AvgIpc) is 3.21. The molecular weight excluding hydrogens is 312 g/mol. The van der Waals surface area contributed by atoms with Gasteiger partial charge in [0.1, 0.15) is 0 Å². The van der Waals surface area contributed by atoms with E-state index >= 15 is 0 Å². The molecule has 1 aliphatic rings. The molecular formula is C16H20N4O2S. The SMILES string of the molecule is CCSc1cc(C(=O)Nc2cnn(CC3CCCO3)c2)ccn1. The van der Waals surface area contributed by atoms with Crippen LogP contribution in [0.1, 0.15) is 30.1 Å². The van der Waals surface area contributed by atoms with Gasteiger partial charge in [0.15, 0.2) is 0 Å². The molecule has 1 saturated heterocycles. The van der Waals surface area contributed by atoms with Crippen LogP contribution in [0.3, 0.4) is 0 Å². The summed E-state index contributed by atoms with van der Waals surface area (Å²) >= 11 is 1.61. The number of anilines is 1. The minimum Gasteiger partial charge on any atom is -0.376 e. The number of thioether (sulfide) groups is 1. The van der Waals surface area contributed by atoms with Crippen molar-refractivity contribution in [1.29, 1.82) is 0 Å². The van der Waals surface area contributed by atoms with Crippen LogP contribution in [0.5, 0.6) is 0 Å². The van der Waals surface area contributed by atoms with Crippen LogP contribution >= 0.6 is 11.8 Å². The van der Waals surface area contributed by atoms with Gasteiger partial charge in [-0.15, -0.1) is 11.8 Å². The molecule has 1 aliphatic heterocycles. The van der Waals surface area contributed by atoms with Crippen molar-refractivity contribution < 1.29 is 9.53 Å². The number of nitrogens with one attached hydrogen (secondary N) is 1. The molecule has 0 bridgehead atoms. The van der Waals surface area contributed by atoms with Crippen molar-refractivity contribution in [2.45, 2.75) is 37.4 Å². The Morgan fingerprint density at radius 3 is 3.26 bits per heavy atom. The second-order valence-electron chi connectivity index (χ2n) is 5.36. The fourth-order valence-corrected chi connectivity index (χ4v) is 3.15. The second-order valence-corrected chi connectivity index (χ2v) is 6.64. The van der Waals surface area contributed by atoms with E-state index in [1.165, 1.54) is 0 Å². The Labute approximate surface area is 139 Å². The first kappa shape index (κ1) is 16.0. The third kappa shape index (κ3) is 4.33. The summed E-state index contributed by atoms with van der Waals surface area (Å²) in [6.45, 7) is 3.61. The van der Waals surface area contributed by atoms with Gasteiger partial charge >= 0.3 is 0 Å². The number of amides is 1. The molecule has 23 heavy (non-hydrogen) atoms. The lowest BCUT2D eigenvalue weighted by molar-refractivity contribution is 0.0940. The molecule has 1 atom stereocenters. The molecule has 1 amide bonds. The Kier molecular flexibility index (Phi) is 5.30. The highest BCUT2D eigenvalue weighted by Crippen LogP contribution is 2.17. The fraction of sp³-hybridized carbons (Fsp3) is 0.438. The summed E-state index contributed by atoms with van der Waals surface area (Å²) in [5, 5.41) is 8.01. The van der Waals surface area contributed by atoms with Crippen molar-refractivity contribution in [2.75, 3.05) is 17.7 Å². The number of ether oxygens (including phenoxy) is 1. The van der Waals surface area contributed by atoms with Gasteiger partial charge in [-0.2, -0.15) is 5.10 Å². The quantitative estimate of drug-likeness (QED) is 0.824. The average molecular weight is 332 g/mol. The number of pyridine rings is 1. The molecule has 1 unspecified atom stereocenters. The van der Waals surface area contributed by atoms with Gasteiger partial charge in [-0.05, 0) is 30.7 Å². The molecule has 0 spiro atoms. The van der Waals surface area contributed by atoms with Crippen LogP contribution < -0.4 is 5.32 Å². The standard InChI is InChI=1S/C16H20N4O2S/c1-2-23-15-8-12(5-6-17-15)16(21)19-13-9-18-20(10-13)11-14-4-3-7-22-14/h5-6,8-10,14H,2-4,7,11H2,1H3,(H,19,21). The third-order valence-electron chi connectivity index (χ3n) is 3.60. The van der Waals surface area contributed by atoms with E-state index in [4.69, 9.17) is 4.74 Å². The predicted molar refractivity (Wildman–Crippen MR) is 89.8 cm³/mol. The van der Waals surface area contributed by atoms with Crippen LogP contribution in [0.4, 0.5) is 5.69 Å². The van der Waals surface area contributed by atoms with Crippen LogP contribution in [0, 0.1) is 0 Å². The first-order chi connectivity index (χ1) is 11.2. The highest BCUT2D eigenvalue weighted by Gasteiger charge is 2.16. The van der Waals surface area contributed by atoms with E-state index < -0.39 is 0 Å². The summed E-state index contributed by atoms with van der Waals surface area (Å²) in [4.78, 5) is 16.5. The topological polar surface area (TPSA) is 69.0 Å². The molecule has 2 aromatic rings. The van der Waals surface area contributed by atoms with Gasteiger partial charge in [0.2, 0.25) is 0 Å². The van der Waals surface area contributed by atoms with Crippen molar-refractivity contribution in [1.82, 2.24) is 14.8 Å². The van der Waals surface area contributed by atoms with E-state index in [2.05, 4.69) is 22.3 Å². The number of rotatable bonds is 6. The van der Waals surface area contributed by atoms with Crippen molar-refractivity contribution in [2.24, 2.45) is 0 Å². The molecule has 7 heteroatoms. The number of carbonyl (C=O) groups is 1. The van der Waals surface area contributed by atoms with Crippen LogP contribution in [0.15, 0.2) is 35.7 Å². The zero-order valence-corrected chi connectivity index (χ0v) is 13.9. The first-order valence-electron chi connectivity index (χ1n) is 7.79. The van der Waals surface area contributed by atoms with Crippen molar-refractivity contribution in [3.8, 4) is 0 Å². The number of nitrogens with zero attached hydrogens (tertiary/aromatic N) is 3. The Balaban J connectivity index is 1.61. The lowest BCUT2D eigenvalue weighted by Crippen LogP contribution is -2.15. The van der Waals surface area contributed by atoms with Crippen LogP contribution in [0.25, 0.3) is 0 Å². The highest BCUT2D eigenvalue weighted by atomic mass is 32.2. The van der Waals surface area contributed by atoms with E-state index in [0.717, 1.165) is 36.8 Å². The zero-order valence-electron chi connectivity index (χ0n) is 13.1. The maximum absolute atomic E-state index is 12.3. The van der Waals surface area contributed by atoms with Gasteiger partial charge in [0.25, 0.3) is 5.91 Å². The highest BCUT2D eigenvalue weighted by molar-refractivity contribution is 7.99. The second kappa shape index (κ2) is 7.61. The molecule has 0 aromatic carbocycles. The molecule has 3 rings (SSSR count). The normalized spacial score (nSPS) is 17.3. The molecule has 1 fully saturated rings. The molecule has 1 N–H and O–H groups in total. The number of aromatic nitrogens is 3. The Bertz CT molecular complexity index is 668. The molecule has 6 nitrogen and oxygen atoms in total. The molecule has 2 aromatic heterocycles. The third-order valence-corrected chi connectivity index (χ3v) is 4.40. The summed E-state index contributed by atoms with van der Waals surface area (Å²) in [6.07, 6.45) is 7.56. The van der Waals surface area contributed by atoms with Crippen molar-refractivity contribution in [3.63, 3.8) is 0 Å². The monoisotopic (exact) mass is 332 g/mol. The van der Waals surface area contributed by atoms with Crippen molar-refractivity contribution in [3.05, 3.63) is 36.3 Å². The summed E-state index contributed by atoms with van der Waals surface area (Å²) in [6, 6.07) is 3.52. The van der Waals surface area contributed by atoms with Crippen LogP contribution in [0.2, 0.25) is 0 Å². The minimum atomic E-state index is -0.151. The van der Waals surface area contributed by atoms with Crippen LogP contribution in [-0.4, -0.2) is 39.1 Å². The molecule has 0 saturated carbocycles. The Morgan fingerprint density at radius 1 is 1.57 bits per heavy atom.